The van der Waals surface area contributed by atoms with E-state index < -0.39 is 0 Å². The van der Waals surface area contributed by atoms with Gasteiger partial charge >= 0.3 is 0 Å². The molecule has 1 saturated heterocycles. The number of aromatic nitrogens is 2. The number of hydrogen-bond acceptors (Lipinski definition) is 5. The number of para-hydroxylation sites is 1. The third kappa shape index (κ3) is 3.16. The fourth-order valence-corrected chi connectivity index (χ4v) is 2.79. The minimum atomic E-state index is 0.404. The topological polar surface area (TPSA) is 43.4 Å². The zero-order valence-electron chi connectivity index (χ0n) is 12.1. The lowest BCUT2D eigenvalue weighted by molar-refractivity contribution is 0.170. The standard InChI is InChI=1S/C15H19N3O2S/c1-19-13-8-4-3-7-12(13)14-16-18(15(21)20-14)11-17-9-5-2-6-10-17/h3-4,7-8H,2,5-6,9-11H2,1H3. The maximum absolute atomic E-state index is 5.64. The first-order chi connectivity index (χ1) is 10.3. The van der Waals surface area contributed by atoms with Crippen molar-refractivity contribution in [1.82, 2.24) is 14.7 Å². The average Bonchev–Trinajstić information content (AvgIpc) is 2.89. The molecule has 6 heteroatoms. The molecule has 112 valence electrons. The smallest absolute Gasteiger partial charge is 0.288 e. The van der Waals surface area contributed by atoms with E-state index in [-0.39, 0.29) is 0 Å². The van der Waals surface area contributed by atoms with E-state index in [1.54, 1.807) is 11.8 Å². The second-order valence-electron chi connectivity index (χ2n) is 5.19. The van der Waals surface area contributed by atoms with Gasteiger partial charge in [0.1, 0.15) is 5.75 Å². The van der Waals surface area contributed by atoms with Gasteiger partial charge in [0.05, 0.1) is 19.3 Å². The first-order valence-corrected chi connectivity index (χ1v) is 7.62. The van der Waals surface area contributed by atoms with Gasteiger partial charge in [-0.3, -0.25) is 4.90 Å². The van der Waals surface area contributed by atoms with Crippen molar-refractivity contribution >= 4 is 12.2 Å². The third-order valence-corrected chi connectivity index (χ3v) is 4.02. The second kappa shape index (κ2) is 6.41. The minimum absolute atomic E-state index is 0.404. The molecule has 0 saturated carbocycles. The number of rotatable bonds is 4. The Labute approximate surface area is 129 Å². The van der Waals surface area contributed by atoms with E-state index in [4.69, 9.17) is 21.4 Å². The molecule has 2 aromatic rings. The molecule has 0 amide bonds. The fraction of sp³-hybridized carbons (Fsp3) is 0.467. The number of methoxy groups -OCH3 is 1. The summed E-state index contributed by atoms with van der Waals surface area (Å²) in [5.74, 6) is 1.24. The summed E-state index contributed by atoms with van der Waals surface area (Å²) in [7, 11) is 1.64. The van der Waals surface area contributed by atoms with Gasteiger partial charge in [0.2, 0.25) is 0 Å². The van der Waals surface area contributed by atoms with Crippen molar-refractivity contribution in [2.24, 2.45) is 0 Å². The zero-order chi connectivity index (χ0) is 14.7. The molecule has 0 radical (unpaired) electrons. The van der Waals surface area contributed by atoms with Gasteiger partial charge in [-0.05, 0) is 50.3 Å². The molecule has 1 aromatic heterocycles. The Morgan fingerprint density at radius 1 is 1.24 bits per heavy atom. The SMILES string of the molecule is COc1ccccc1-c1nn(CN2CCCCC2)c(=S)o1. The van der Waals surface area contributed by atoms with E-state index in [9.17, 15) is 0 Å². The number of ether oxygens (including phenoxy) is 1. The predicted octanol–water partition coefficient (Wildman–Crippen LogP) is 3.32. The molecule has 0 bridgehead atoms. The Bertz CT molecular complexity index is 659. The number of nitrogens with zero attached hydrogens (tertiary/aromatic N) is 3. The van der Waals surface area contributed by atoms with E-state index in [0.717, 1.165) is 24.4 Å². The predicted molar refractivity (Wildman–Crippen MR) is 82.7 cm³/mol. The number of hydrogen-bond donors (Lipinski definition) is 0. The molecule has 2 heterocycles. The molecule has 0 spiro atoms. The maximum atomic E-state index is 5.64. The number of benzene rings is 1. The van der Waals surface area contributed by atoms with Crippen LogP contribution in [0.15, 0.2) is 28.7 Å². The summed E-state index contributed by atoms with van der Waals surface area (Å²) in [6, 6.07) is 7.66. The summed E-state index contributed by atoms with van der Waals surface area (Å²) in [6.07, 6.45) is 3.79. The molecular formula is C15H19N3O2S. The van der Waals surface area contributed by atoms with Crippen molar-refractivity contribution in [3.8, 4) is 17.2 Å². The van der Waals surface area contributed by atoms with E-state index >= 15 is 0 Å². The summed E-state index contributed by atoms with van der Waals surface area (Å²) in [4.78, 5) is 2.76. The third-order valence-electron chi connectivity index (χ3n) is 3.73. The van der Waals surface area contributed by atoms with Crippen LogP contribution in [-0.2, 0) is 6.67 Å². The molecule has 0 N–H and O–H groups in total. The normalized spacial score (nSPS) is 16.0. The molecule has 1 aliphatic heterocycles. The Morgan fingerprint density at radius 2 is 2.00 bits per heavy atom. The monoisotopic (exact) mass is 305 g/mol. The van der Waals surface area contributed by atoms with Gasteiger partial charge in [0.25, 0.3) is 10.7 Å². The second-order valence-corrected chi connectivity index (χ2v) is 5.54. The van der Waals surface area contributed by atoms with Crippen molar-refractivity contribution in [2.45, 2.75) is 25.9 Å². The summed E-state index contributed by atoms with van der Waals surface area (Å²) < 4.78 is 12.7. The molecule has 1 fully saturated rings. The summed E-state index contributed by atoms with van der Waals surface area (Å²) in [5.41, 5.74) is 0.823. The van der Waals surface area contributed by atoms with Crippen LogP contribution in [0.5, 0.6) is 5.75 Å². The first kappa shape index (κ1) is 14.3. The average molecular weight is 305 g/mol. The molecule has 0 atom stereocenters. The van der Waals surface area contributed by atoms with Crippen LogP contribution in [0.2, 0.25) is 0 Å². The lowest BCUT2D eigenvalue weighted by atomic mass is 10.1. The minimum Gasteiger partial charge on any atom is -0.496 e. The highest BCUT2D eigenvalue weighted by Crippen LogP contribution is 2.28. The van der Waals surface area contributed by atoms with Crippen LogP contribution in [0.25, 0.3) is 11.5 Å². The number of likely N-dealkylation sites (tertiary alicyclic amines) is 1. The molecule has 1 aliphatic rings. The molecule has 1 aromatic carbocycles. The van der Waals surface area contributed by atoms with Crippen molar-refractivity contribution in [1.29, 1.82) is 0 Å². The highest BCUT2D eigenvalue weighted by molar-refractivity contribution is 7.71. The largest absolute Gasteiger partial charge is 0.496 e. The summed E-state index contributed by atoms with van der Waals surface area (Å²) in [6.45, 7) is 2.88. The Hall–Kier alpha value is -1.66. The van der Waals surface area contributed by atoms with Crippen LogP contribution in [0.1, 0.15) is 19.3 Å². The maximum Gasteiger partial charge on any atom is 0.288 e. The van der Waals surface area contributed by atoms with E-state index in [2.05, 4.69) is 10.00 Å². The molecule has 3 rings (SSSR count). The van der Waals surface area contributed by atoms with Crippen molar-refractivity contribution in [3.63, 3.8) is 0 Å². The molecule has 5 nitrogen and oxygen atoms in total. The van der Waals surface area contributed by atoms with Crippen molar-refractivity contribution in [2.75, 3.05) is 20.2 Å². The van der Waals surface area contributed by atoms with E-state index in [1.165, 1.54) is 19.3 Å². The lowest BCUT2D eigenvalue weighted by Gasteiger charge is -2.25. The Balaban J connectivity index is 1.85. The highest BCUT2D eigenvalue weighted by atomic mass is 32.1. The van der Waals surface area contributed by atoms with E-state index in [1.807, 2.05) is 24.3 Å². The highest BCUT2D eigenvalue weighted by Gasteiger charge is 2.16. The van der Waals surface area contributed by atoms with Crippen LogP contribution in [0, 0.1) is 4.84 Å². The van der Waals surface area contributed by atoms with Crippen LogP contribution < -0.4 is 4.74 Å². The molecule has 21 heavy (non-hydrogen) atoms. The van der Waals surface area contributed by atoms with Gasteiger partial charge in [0, 0.05) is 0 Å². The Kier molecular flexibility index (Phi) is 4.36. The number of piperidine rings is 1. The van der Waals surface area contributed by atoms with Crippen LogP contribution >= 0.6 is 12.2 Å². The van der Waals surface area contributed by atoms with Crippen LogP contribution in [-0.4, -0.2) is 34.9 Å². The summed E-state index contributed by atoms with van der Waals surface area (Å²) >= 11 is 5.29. The summed E-state index contributed by atoms with van der Waals surface area (Å²) in [5, 5.41) is 4.51. The van der Waals surface area contributed by atoms with Gasteiger partial charge < -0.3 is 9.15 Å². The van der Waals surface area contributed by atoms with Gasteiger partial charge in [-0.2, -0.15) is 0 Å². The van der Waals surface area contributed by atoms with E-state index in [0.29, 0.717) is 17.4 Å². The zero-order valence-corrected chi connectivity index (χ0v) is 12.9. The van der Waals surface area contributed by atoms with Gasteiger partial charge in [-0.25, -0.2) is 4.68 Å². The van der Waals surface area contributed by atoms with Crippen LogP contribution in [0.3, 0.4) is 0 Å². The van der Waals surface area contributed by atoms with Gasteiger partial charge in [-0.15, -0.1) is 5.10 Å². The first-order valence-electron chi connectivity index (χ1n) is 7.21. The Morgan fingerprint density at radius 3 is 2.76 bits per heavy atom. The lowest BCUT2D eigenvalue weighted by Crippen LogP contribution is -2.32. The van der Waals surface area contributed by atoms with Crippen molar-refractivity contribution < 1.29 is 9.15 Å². The molecular weight excluding hydrogens is 286 g/mol. The molecule has 0 unspecified atom stereocenters. The molecule has 0 aliphatic carbocycles. The van der Waals surface area contributed by atoms with Crippen molar-refractivity contribution in [3.05, 3.63) is 29.1 Å². The quantitative estimate of drug-likeness (QED) is 0.811. The van der Waals surface area contributed by atoms with Crippen LogP contribution in [0.4, 0.5) is 0 Å². The van der Waals surface area contributed by atoms with Gasteiger partial charge in [0.15, 0.2) is 0 Å². The van der Waals surface area contributed by atoms with Gasteiger partial charge in [-0.1, -0.05) is 18.6 Å². The fourth-order valence-electron chi connectivity index (χ4n) is 2.62.